The van der Waals surface area contributed by atoms with E-state index in [0.29, 0.717) is 0 Å². The summed E-state index contributed by atoms with van der Waals surface area (Å²) >= 11 is 1.63. The molecule has 0 aliphatic carbocycles. The third-order valence-corrected chi connectivity index (χ3v) is 2.19. The summed E-state index contributed by atoms with van der Waals surface area (Å²) in [5.41, 5.74) is 4.27. The zero-order valence-corrected chi connectivity index (χ0v) is 8.48. The highest BCUT2D eigenvalue weighted by molar-refractivity contribution is 7.07. The summed E-state index contributed by atoms with van der Waals surface area (Å²) in [6.07, 6.45) is 2.18. The number of nitrogens with one attached hydrogen (secondary N) is 1. The van der Waals surface area contributed by atoms with Gasteiger partial charge in [-0.15, -0.1) is 11.3 Å². The average molecular weight is 182 g/mol. The van der Waals surface area contributed by atoms with Gasteiger partial charge >= 0.3 is 0 Å². The second kappa shape index (κ2) is 4.38. The fraction of sp³-hybridized carbons (Fsp3) is 0.444. The molecule has 0 fully saturated rings. The van der Waals surface area contributed by atoms with Crippen LogP contribution in [0.25, 0.3) is 0 Å². The minimum atomic E-state index is 0.265. The maximum Gasteiger partial charge on any atom is 0.0795 e. The molecule has 12 heavy (non-hydrogen) atoms. The highest BCUT2D eigenvalue weighted by atomic mass is 32.1. The Labute approximate surface area is 77.3 Å². The third kappa shape index (κ3) is 2.43. The van der Waals surface area contributed by atoms with Crippen LogP contribution in [0.4, 0.5) is 0 Å². The third-order valence-electron chi connectivity index (χ3n) is 1.58. The Balaban J connectivity index is 2.77. The second-order valence-electron chi connectivity index (χ2n) is 2.92. The Morgan fingerprint density at radius 1 is 1.67 bits per heavy atom. The Kier molecular flexibility index (Phi) is 3.44. The summed E-state index contributed by atoms with van der Waals surface area (Å²) in [4.78, 5) is 4.25. The first-order valence-electron chi connectivity index (χ1n) is 3.94. The van der Waals surface area contributed by atoms with Gasteiger partial charge in [0.05, 0.1) is 17.2 Å². The lowest BCUT2D eigenvalue weighted by atomic mass is 10.1. The highest BCUT2D eigenvalue weighted by Gasteiger charge is 2.06. The van der Waals surface area contributed by atoms with Gasteiger partial charge in [-0.05, 0) is 20.9 Å². The highest BCUT2D eigenvalue weighted by Crippen LogP contribution is 2.15. The lowest BCUT2D eigenvalue weighted by Gasteiger charge is -2.08. The van der Waals surface area contributed by atoms with Crippen molar-refractivity contribution in [1.82, 2.24) is 10.3 Å². The number of nitrogens with zero attached hydrogens (tertiary/aromatic N) is 1. The van der Waals surface area contributed by atoms with E-state index in [1.54, 1.807) is 11.3 Å². The molecule has 0 aromatic carbocycles. The van der Waals surface area contributed by atoms with Crippen LogP contribution in [0.2, 0.25) is 0 Å². The summed E-state index contributed by atoms with van der Waals surface area (Å²) in [5.74, 6) is 0. The number of allylic oxidation sites excluding steroid dienone is 1. The standard InChI is InChI=1S/C9H14N2S/c1-7(2)4-8(10-3)9-5-12-6-11-9/h4-6,8,10H,1-3H3. The Morgan fingerprint density at radius 2 is 2.42 bits per heavy atom. The van der Waals surface area contributed by atoms with E-state index in [-0.39, 0.29) is 6.04 Å². The fourth-order valence-corrected chi connectivity index (χ4v) is 1.62. The van der Waals surface area contributed by atoms with Crippen LogP contribution in [0.3, 0.4) is 0 Å². The predicted octanol–water partition coefficient (Wildman–Crippen LogP) is 2.37. The van der Waals surface area contributed by atoms with Crippen LogP contribution in [-0.4, -0.2) is 12.0 Å². The molecule has 0 spiro atoms. The molecule has 1 N–H and O–H groups in total. The SMILES string of the molecule is CNC(C=C(C)C)c1cscn1. The minimum absolute atomic E-state index is 0.265. The average Bonchev–Trinajstić information content (AvgIpc) is 2.51. The predicted molar refractivity (Wildman–Crippen MR) is 53.3 cm³/mol. The van der Waals surface area contributed by atoms with Crippen LogP contribution in [0.5, 0.6) is 0 Å². The van der Waals surface area contributed by atoms with Gasteiger partial charge in [0.25, 0.3) is 0 Å². The Morgan fingerprint density at radius 3 is 2.83 bits per heavy atom. The molecule has 0 saturated carbocycles. The summed E-state index contributed by atoms with van der Waals surface area (Å²) in [5, 5.41) is 5.27. The molecule has 1 aromatic rings. The summed E-state index contributed by atoms with van der Waals surface area (Å²) in [7, 11) is 1.95. The topological polar surface area (TPSA) is 24.9 Å². The van der Waals surface area contributed by atoms with Crippen molar-refractivity contribution in [2.24, 2.45) is 0 Å². The molecule has 1 aromatic heterocycles. The molecule has 3 heteroatoms. The van der Waals surface area contributed by atoms with E-state index >= 15 is 0 Å². The molecule has 66 valence electrons. The van der Waals surface area contributed by atoms with E-state index in [9.17, 15) is 0 Å². The van der Waals surface area contributed by atoms with Crippen LogP contribution in [-0.2, 0) is 0 Å². The van der Waals surface area contributed by atoms with E-state index in [1.807, 2.05) is 12.6 Å². The van der Waals surface area contributed by atoms with Crippen molar-refractivity contribution in [2.75, 3.05) is 7.05 Å². The van der Waals surface area contributed by atoms with Gasteiger partial charge in [0.1, 0.15) is 0 Å². The van der Waals surface area contributed by atoms with Gasteiger partial charge in [-0.3, -0.25) is 0 Å². The van der Waals surface area contributed by atoms with E-state index in [0.717, 1.165) is 5.69 Å². The lowest BCUT2D eigenvalue weighted by molar-refractivity contribution is 0.693. The van der Waals surface area contributed by atoms with Crippen LogP contribution in [0, 0.1) is 0 Å². The molecular formula is C9H14N2S. The quantitative estimate of drug-likeness (QED) is 0.726. The zero-order chi connectivity index (χ0) is 8.97. The summed E-state index contributed by atoms with van der Waals surface area (Å²) < 4.78 is 0. The van der Waals surface area contributed by atoms with Gasteiger partial charge in [-0.25, -0.2) is 4.98 Å². The van der Waals surface area contributed by atoms with E-state index in [1.165, 1.54) is 5.57 Å². The number of aromatic nitrogens is 1. The Bertz CT molecular complexity index is 248. The van der Waals surface area contributed by atoms with Crippen LogP contribution < -0.4 is 5.32 Å². The molecule has 1 unspecified atom stereocenters. The van der Waals surface area contributed by atoms with Gasteiger partial charge < -0.3 is 5.32 Å². The number of thiazole rings is 1. The van der Waals surface area contributed by atoms with Crippen LogP contribution in [0.15, 0.2) is 22.5 Å². The molecule has 1 heterocycles. The van der Waals surface area contributed by atoms with Crippen molar-refractivity contribution in [2.45, 2.75) is 19.9 Å². The number of hydrogen-bond donors (Lipinski definition) is 1. The van der Waals surface area contributed by atoms with E-state index < -0.39 is 0 Å². The van der Waals surface area contributed by atoms with Crippen molar-refractivity contribution >= 4 is 11.3 Å². The molecule has 1 rings (SSSR count). The Hall–Kier alpha value is -0.670. The van der Waals surface area contributed by atoms with E-state index in [4.69, 9.17) is 0 Å². The molecule has 0 bridgehead atoms. The first-order chi connectivity index (χ1) is 5.74. The molecule has 0 saturated heterocycles. The molecule has 0 radical (unpaired) electrons. The second-order valence-corrected chi connectivity index (χ2v) is 3.64. The molecule has 0 aliphatic heterocycles. The van der Waals surface area contributed by atoms with Crippen molar-refractivity contribution < 1.29 is 0 Å². The zero-order valence-electron chi connectivity index (χ0n) is 7.66. The maximum atomic E-state index is 4.25. The van der Waals surface area contributed by atoms with Crippen LogP contribution >= 0.6 is 11.3 Å². The monoisotopic (exact) mass is 182 g/mol. The van der Waals surface area contributed by atoms with Crippen LogP contribution in [0.1, 0.15) is 25.6 Å². The van der Waals surface area contributed by atoms with E-state index in [2.05, 4.69) is 35.6 Å². The lowest BCUT2D eigenvalue weighted by Crippen LogP contribution is -2.14. The van der Waals surface area contributed by atoms with Gasteiger partial charge in [0.2, 0.25) is 0 Å². The first kappa shape index (κ1) is 9.42. The molecule has 1 atom stereocenters. The molecule has 2 nitrogen and oxygen atoms in total. The van der Waals surface area contributed by atoms with Gasteiger partial charge in [-0.2, -0.15) is 0 Å². The van der Waals surface area contributed by atoms with Crippen molar-refractivity contribution in [3.8, 4) is 0 Å². The maximum absolute atomic E-state index is 4.25. The van der Waals surface area contributed by atoms with Crippen molar-refractivity contribution in [3.05, 3.63) is 28.2 Å². The van der Waals surface area contributed by atoms with Crippen molar-refractivity contribution in [3.63, 3.8) is 0 Å². The minimum Gasteiger partial charge on any atom is -0.309 e. The first-order valence-corrected chi connectivity index (χ1v) is 4.88. The van der Waals surface area contributed by atoms with Gasteiger partial charge in [0, 0.05) is 5.38 Å². The van der Waals surface area contributed by atoms with Crippen molar-refractivity contribution in [1.29, 1.82) is 0 Å². The van der Waals surface area contributed by atoms with Gasteiger partial charge in [0.15, 0.2) is 0 Å². The molecule has 0 amide bonds. The summed E-state index contributed by atoms with van der Waals surface area (Å²) in [6.45, 7) is 4.19. The molecular weight excluding hydrogens is 168 g/mol. The molecule has 0 aliphatic rings. The number of rotatable bonds is 3. The normalized spacial score (nSPS) is 12.6. The largest absolute Gasteiger partial charge is 0.309 e. The number of hydrogen-bond acceptors (Lipinski definition) is 3. The fourth-order valence-electron chi connectivity index (χ4n) is 1.03. The number of likely N-dealkylation sites (N-methyl/N-ethyl adjacent to an activating group) is 1. The summed E-state index contributed by atoms with van der Waals surface area (Å²) in [6, 6.07) is 0.265. The van der Waals surface area contributed by atoms with Gasteiger partial charge in [-0.1, -0.05) is 11.6 Å². The smallest absolute Gasteiger partial charge is 0.0795 e.